The maximum atomic E-state index is 9.58. The number of unbranched alkanes of at least 4 members (excludes halogenated alkanes) is 2. The van der Waals surface area contributed by atoms with E-state index in [2.05, 4.69) is 27.9 Å². The van der Waals surface area contributed by atoms with Crippen molar-refractivity contribution in [3.63, 3.8) is 0 Å². The summed E-state index contributed by atoms with van der Waals surface area (Å²) >= 11 is 0. The van der Waals surface area contributed by atoms with Crippen LogP contribution < -0.4 is 12.4 Å². The first-order chi connectivity index (χ1) is 6.52. The average Bonchev–Trinajstić information content (AvgIpc) is 2.12. The van der Waals surface area contributed by atoms with Crippen molar-refractivity contribution < 1.29 is 26.7 Å². The molecule has 0 aliphatic rings. The molecule has 0 aromatic rings. The predicted molar refractivity (Wildman–Crippen MR) is 59.0 cm³/mol. The van der Waals surface area contributed by atoms with Crippen LogP contribution in [-0.2, 0) is 4.74 Å². The van der Waals surface area contributed by atoms with Crippen molar-refractivity contribution in [1.29, 1.82) is 0 Å². The number of likely N-dealkylation sites (N-methyl/N-ethyl adjacent to an activating group) is 1. The van der Waals surface area contributed by atoms with Crippen LogP contribution in [0.3, 0.4) is 0 Å². The van der Waals surface area contributed by atoms with E-state index in [9.17, 15) is 5.11 Å². The molecule has 1 atom stereocenters. The molecule has 3 nitrogen and oxygen atoms in total. The van der Waals surface area contributed by atoms with Crippen molar-refractivity contribution in [3.8, 4) is 0 Å². The van der Waals surface area contributed by atoms with Crippen LogP contribution in [0.4, 0.5) is 0 Å². The van der Waals surface area contributed by atoms with Gasteiger partial charge in [-0.15, -0.1) is 0 Å². The van der Waals surface area contributed by atoms with Crippen molar-refractivity contribution in [1.82, 2.24) is 0 Å². The van der Waals surface area contributed by atoms with Gasteiger partial charge in [-0.25, -0.2) is 0 Å². The van der Waals surface area contributed by atoms with Gasteiger partial charge in [-0.05, 0) is 13.3 Å². The molecule has 0 radical (unpaired) electrons. The monoisotopic (exact) mass is 239 g/mol. The molecule has 0 bridgehead atoms. The van der Waals surface area contributed by atoms with Gasteiger partial charge in [0.05, 0.1) is 20.6 Å². The maximum Gasteiger partial charge on any atom is 0.205 e. The second-order valence-electron chi connectivity index (χ2n) is 4.47. The number of hydrogen-bond acceptors (Lipinski definition) is 2. The Bertz CT molecular complexity index is 143. The summed E-state index contributed by atoms with van der Waals surface area (Å²) < 4.78 is 6.12. The van der Waals surface area contributed by atoms with Gasteiger partial charge in [-0.1, -0.05) is 19.8 Å². The van der Waals surface area contributed by atoms with Crippen molar-refractivity contribution in [2.75, 3.05) is 33.8 Å². The summed E-state index contributed by atoms with van der Waals surface area (Å²) in [5, 5.41) is 9.58. The molecule has 0 heterocycles. The van der Waals surface area contributed by atoms with E-state index < -0.39 is 6.29 Å². The van der Waals surface area contributed by atoms with Gasteiger partial charge in [-0.3, -0.25) is 0 Å². The van der Waals surface area contributed by atoms with E-state index in [0.29, 0.717) is 13.2 Å². The predicted octanol–water partition coefficient (Wildman–Crippen LogP) is -1.39. The van der Waals surface area contributed by atoms with E-state index in [4.69, 9.17) is 4.74 Å². The number of aliphatic hydroxyl groups excluding tert-OH is 1. The lowest BCUT2D eigenvalue weighted by atomic mass is 10.3. The number of rotatable bonds is 8. The number of quaternary nitrogens is 1. The average molecular weight is 240 g/mol. The molecule has 1 N–H and O–H groups in total. The first-order valence-corrected chi connectivity index (χ1v) is 5.63. The lowest BCUT2D eigenvalue weighted by Crippen LogP contribution is -3.00. The van der Waals surface area contributed by atoms with Gasteiger partial charge in [0.25, 0.3) is 0 Å². The normalized spacial score (nSPS) is 13.4. The van der Waals surface area contributed by atoms with E-state index in [1.165, 1.54) is 12.8 Å². The molecule has 1 unspecified atom stereocenters. The molecule has 4 heteroatoms. The number of halogens is 1. The highest BCUT2D eigenvalue weighted by atomic mass is 35.5. The van der Waals surface area contributed by atoms with Gasteiger partial charge < -0.3 is 26.7 Å². The largest absolute Gasteiger partial charge is 1.00 e. The molecule has 0 aromatic heterocycles. The molecule has 15 heavy (non-hydrogen) atoms. The number of aliphatic hydroxyl groups is 1. The van der Waals surface area contributed by atoms with Gasteiger partial charge in [0.2, 0.25) is 6.29 Å². The van der Waals surface area contributed by atoms with E-state index in [0.717, 1.165) is 17.4 Å². The minimum atomic E-state index is -0.609. The van der Waals surface area contributed by atoms with Crippen LogP contribution in [0.1, 0.15) is 33.1 Å². The Morgan fingerprint density at radius 3 is 2.27 bits per heavy atom. The Hall–Kier alpha value is 0.170. The lowest BCUT2D eigenvalue weighted by molar-refractivity contribution is -0.894. The van der Waals surface area contributed by atoms with Crippen LogP contribution in [0.5, 0.6) is 0 Å². The zero-order chi connectivity index (χ0) is 11.0. The third-order valence-electron chi connectivity index (χ3n) is 2.56. The molecular weight excluding hydrogens is 214 g/mol. The fourth-order valence-electron chi connectivity index (χ4n) is 1.18. The summed E-state index contributed by atoms with van der Waals surface area (Å²) in [6.45, 7) is 6.63. The van der Waals surface area contributed by atoms with Crippen LogP contribution >= 0.6 is 0 Å². The van der Waals surface area contributed by atoms with Gasteiger partial charge in [0.15, 0.2) is 0 Å². The third kappa shape index (κ3) is 10.5. The first kappa shape index (κ1) is 17.6. The second kappa shape index (κ2) is 9.40. The molecule has 0 aliphatic heterocycles. The van der Waals surface area contributed by atoms with Crippen LogP contribution in [0.25, 0.3) is 0 Å². The van der Waals surface area contributed by atoms with Crippen LogP contribution in [0, 0.1) is 0 Å². The van der Waals surface area contributed by atoms with E-state index in [1.807, 2.05) is 0 Å². The van der Waals surface area contributed by atoms with Crippen LogP contribution in [0.15, 0.2) is 0 Å². The van der Waals surface area contributed by atoms with Gasteiger partial charge in [0.1, 0.15) is 6.54 Å². The Labute approximate surface area is 100 Å². The molecule has 0 spiro atoms. The standard InChI is InChI=1S/C11H26NO2.ClH/c1-5-7-8-9-14-11(13)10-12(3,4)6-2;/h11,13H,5-10H2,1-4H3;1H/q+1;/p-1. The topological polar surface area (TPSA) is 29.5 Å². The molecular formula is C11H26ClNO2. The first-order valence-electron chi connectivity index (χ1n) is 5.63. The molecule has 0 amide bonds. The van der Waals surface area contributed by atoms with Crippen LogP contribution in [0.2, 0.25) is 0 Å². The molecule has 0 saturated heterocycles. The highest BCUT2D eigenvalue weighted by Gasteiger charge is 2.18. The van der Waals surface area contributed by atoms with Crippen LogP contribution in [-0.4, -0.2) is 49.7 Å². The van der Waals surface area contributed by atoms with Gasteiger partial charge >= 0.3 is 0 Å². The second-order valence-corrected chi connectivity index (χ2v) is 4.47. The Balaban J connectivity index is 0. The maximum absolute atomic E-state index is 9.58. The van der Waals surface area contributed by atoms with Crippen molar-refractivity contribution in [2.45, 2.75) is 39.4 Å². The third-order valence-corrected chi connectivity index (χ3v) is 2.56. The Morgan fingerprint density at radius 1 is 1.20 bits per heavy atom. The summed E-state index contributed by atoms with van der Waals surface area (Å²) in [5.41, 5.74) is 0. The Morgan fingerprint density at radius 2 is 1.80 bits per heavy atom. The fraction of sp³-hybridized carbons (Fsp3) is 1.00. The summed E-state index contributed by atoms with van der Waals surface area (Å²) in [6.07, 6.45) is 2.81. The zero-order valence-electron chi connectivity index (χ0n) is 10.5. The number of hydrogen-bond donors (Lipinski definition) is 1. The summed E-state index contributed by atoms with van der Waals surface area (Å²) in [6, 6.07) is 0. The highest BCUT2D eigenvalue weighted by molar-refractivity contribution is 4.41. The highest BCUT2D eigenvalue weighted by Crippen LogP contribution is 2.02. The summed E-state index contributed by atoms with van der Waals surface area (Å²) in [5.74, 6) is 0. The van der Waals surface area contributed by atoms with E-state index in [-0.39, 0.29) is 12.4 Å². The lowest BCUT2D eigenvalue weighted by Gasteiger charge is -2.30. The van der Waals surface area contributed by atoms with Gasteiger partial charge in [0, 0.05) is 6.61 Å². The summed E-state index contributed by atoms with van der Waals surface area (Å²) in [7, 11) is 4.19. The minimum Gasteiger partial charge on any atom is -1.00 e. The van der Waals surface area contributed by atoms with Gasteiger partial charge in [-0.2, -0.15) is 0 Å². The Kier molecular flexibility index (Phi) is 11.0. The number of ether oxygens (including phenoxy) is 1. The van der Waals surface area contributed by atoms with Crippen molar-refractivity contribution in [3.05, 3.63) is 0 Å². The molecule has 0 saturated carbocycles. The van der Waals surface area contributed by atoms with Crippen molar-refractivity contribution in [2.24, 2.45) is 0 Å². The SMILES string of the molecule is CCCCCOC(O)C[N+](C)(C)CC.[Cl-]. The molecule has 0 aliphatic carbocycles. The van der Waals surface area contributed by atoms with E-state index >= 15 is 0 Å². The quantitative estimate of drug-likeness (QED) is 0.321. The van der Waals surface area contributed by atoms with E-state index in [1.54, 1.807) is 0 Å². The molecule has 0 rings (SSSR count). The fourth-order valence-corrected chi connectivity index (χ4v) is 1.18. The molecule has 0 aromatic carbocycles. The smallest absolute Gasteiger partial charge is 0.205 e. The molecule has 0 fully saturated rings. The molecule has 94 valence electrons. The zero-order valence-corrected chi connectivity index (χ0v) is 11.3. The summed E-state index contributed by atoms with van der Waals surface area (Å²) in [4.78, 5) is 0. The number of nitrogens with zero attached hydrogens (tertiary/aromatic N) is 1. The minimum absolute atomic E-state index is 0. The van der Waals surface area contributed by atoms with Crippen molar-refractivity contribution >= 4 is 0 Å².